The molecular formula is C25H27NO5. The van der Waals surface area contributed by atoms with Crippen molar-refractivity contribution < 1.29 is 24.1 Å². The summed E-state index contributed by atoms with van der Waals surface area (Å²) in [5.41, 5.74) is 3.15. The Morgan fingerprint density at radius 2 is 1.48 bits per heavy atom. The number of nitrogens with one attached hydrogen (secondary N) is 1. The molecule has 0 aliphatic rings. The lowest BCUT2D eigenvalue weighted by atomic mass is 10.0. The van der Waals surface area contributed by atoms with Crippen molar-refractivity contribution in [2.45, 2.75) is 33.6 Å². The number of phenolic OH excluding ortho intramolecular Hbond substituents is 1. The Morgan fingerprint density at radius 3 is 2.06 bits per heavy atom. The van der Waals surface area contributed by atoms with E-state index in [2.05, 4.69) is 5.32 Å². The maximum Gasteiger partial charge on any atom is 0.417 e. The minimum atomic E-state index is -0.585. The molecule has 3 aromatic carbocycles. The minimum absolute atomic E-state index is 0.175. The third-order valence-electron chi connectivity index (χ3n) is 4.82. The fourth-order valence-electron chi connectivity index (χ4n) is 3.25. The van der Waals surface area contributed by atoms with E-state index in [1.54, 1.807) is 43.5 Å². The van der Waals surface area contributed by atoms with Crippen molar-refractivity contribution in [3.63, 3.8) is 0 Å². The van der Waals surface area contributed by atoms with Crippen molar-refractivity contribution in [2.75, 3.05) is 12.4 Å². The second kappa shape index (κ2) is 9.43. The van der Waals surface area contributed by atoms with Crippen LogP contribution in [0.25, 0.3) is 0 Å². The van der Waals surface area contributed by atoms with E-state index in [4.69, 9.17) is 14.2 Å². The zero-order valence-corrected chi connectivity index (χ0v) is 18.4. The highest BCUT2D eigenvalue weighted by atomic mass is 16.6. The molecule has 2 N–H and O–H groups in total. The van der Waals surface area contributed by atoms with Gasteiger partial charge >= 0.3 is 6.09 Å². The molecular weight excluding hydrogens is 394 g/mol. The van der Waals surface area contributed by atoms with Crippen LogP contribution in [0.1, 0.15) is 36.5 Å². The number of amides is 1. The summed E-state index contributed by atoms with van der Waals surface area (Å²) in [5, 5.41) is 12.8. The van der Waals surface area contributed by atoms with Gasteiger partial charge in [0.25, 0.3) is 0 Å². The number of benzene rings is 3. The summed E-state index contributed by atoms with van der Waals surface area (Å²) in [7, 11) is 1.57. The van der Waals surface area contributed by atoms with Gasteiger partial charge in [-0.15, -0.1) is 0 Å². The molecule has 0 aliphatic carbocycles. The van der Waals surface area contributed by atoms with Crippen LogP contribution in [0.3, 0.4) is 0 Å². The largest absolute Gasteiger partial charge is 0.508 e. The maximum atomic E-state index is 12.2. The standard InChI is InChI=1S/C25H27NO5/c1-15(2)22-14-21(10-11-23(22)27)30-24-16(3)12-18(13-17(24)4)26-25(28)31-20-8-6-19(29-5)7-9-20/h6-15,27H,1-5H3,(H,26,28). The number of anilines is 1. The van der Waals surface area contributed by atoms with Gasteiger partial charge < -0.3 is 19.3 Å². The highest BCUT2D eigenvalue weighted by Crippen LogP contribution is 2.35. The first kappa shape index (κ1) is 22.0. The third-order valence-corrected chi connectivity index (χ3v) is 4.82. The van der Waals surface area contributed by atoms with Crippen molar-refractivity contribution in [3.8, 4) is 28.7 Å². The number of hydrogen-bond acceptors (Lipinski definition) is 5. The van der Waals surface area contributed by atoms with E-state index in [0.717, 1.165) is 16.7 Å². The quantitative estimate of drug-likeness (QED) is 0.472. The van der Waals surface area contributed by atoms with Crippen LogP contribution in [0.2, 0.25) is 0 Å². The molecule has 0 saturated carbocycles. The van der Waals surface area contributed by atoms with E-state index >= 15 is 0 Å². The van der Waals surface area contributed by atoms with Crippen LogP contribution in [0.4, 0.5) is 10.5 Å². The average Bonchev–Trinajstić information content (AvgIpc) is 2.72. The summed E-state index contributed by atoms with van der Waals surface area (Å²) in [6.07, 6.45) is -0.585. The summed E-state index contributed by atoms with van der Waals surface area (Å²) in [6, 6.07) is 15.6. The van der Waals surface area contributed by atoms with Crippen molar-refractivity contribution in [1.82, 2.24) is 0 Å². The maximum absolute atomic E-state index is 12.2. The molecule has 3 rings (SSSR count). The van der Waals surface area contributed by atoms with Gasteiger partial charge in [-0.3, -0.25) is 5.32 Å². The van der Waals surface area contributed by atoms with E-state index in [1.807, 2.05) is 45.9 Å². The molecule has 0 fully saturated rings. The highest BCUT2D eigenvalue weighted by Gasteiger charge is 2.13. The molecule has 31 heavy (non-hydrogen) atoms. The Bertz CT molecular complexity index is 1050. The van der Waals surface area contributed by atoms with Gasteiger partial charge in [-0.2, -0.15) is 0 Å². The first-order valence-corrected chi connectivity index (χ1v) is 10.0. The molecule has 6 nitrogen and oxygen atoms in total. The summed E-state index contributed by atoms with van der Waals surface area (Å²) in [5.74, 6) is 2.88. The molecule has 3 aromatic rings. The predicted octanol–water partition coefficient (Wildman–Crippen LogP) is 6.54. The van der Waals surface area contributed by atoms with E-state index in [-0.39, 0.29) is 11.7 Å². The van der Waals surface area contributed by atoms with Gasteiger partial charge in [-0.05, 0) is 85.5 Å². The number of phenols is 1. The first-order chi connectivity index (χ1) is 14.8. The number of aromatic hydroxyl groups is 1. The topological polar surface area (TPSA) is 77.0 Å². The normalized spacial score (nSPS) is 10.6. The van der Waals surface area contributed by atoms with Crippen molar-refractivity contribution >= 4 is 11.8 Å². The number of carbonyl (C=O) groups excluding carboxylic acids is 1. The molecule has 0 aliphatic heterocycles. The predicted molar refractivity (Wildman–Crippen MR) is 121 cm³/mol. The smallest absolute Gasteiger partial charge is 0.417 e. The Morgan fingerprint density at radius 1 is 0.903 bits per heavy atom. The van der Waals surface area contributed by atoms with E-state index in [0.29, 0.717) is 28.7 Å². The Labute approximate surface area is 182 Å². The SMILES string of the molecule is COc1ccc(OC(=O)Nc2cc(C)c(Oc3ccc(O)c(C(C)C)c3)c(C)c2)cc1. The average molecular weight is 421 g/mol. The molecule has 0 bridgehead atoms. The van der Waals surface area contributed by atoms with Gasteiger partial charge in [0.1, 0.15) is 28.7 Å². The Hall–Kier alpha value is -3.67. The van der Waals surface area contributed by atoms with Crippen LogP contribution < -0.4 is 19.5 Å². The molecule has 1 amide bonds. The molecule has 0 radical (unpaired) electrons. The zero-order chi connectivity index (χ0) is 22.5. The number of carbonyl (C=O) groups is 1. The Balaban J connectivity index is 1.72. The minimum Gasteiger partial charge on any atom is -0.508 e. The van der Waals surface area contributed by atoms with Crippen LogP contribution in [-0.2, 0) is 0 Å². The molecule has 0 saturated heterocycles. The van der Waals surface area contributed by atoms with Gasteiger partial charge in [0.05, 0.1) is 7.11 Å². The molecule has 0 atom stereocenters. The van der Waals surface area contributed by atoms with E-state index in [9.17, 15) is 9.90 Å². The number of ether oxygens (including phenoxy) is 3. The lowest BCUT2D eigenvalue weighted by Crippen LogP contribution is -2.17. The second-order valence-electron chi connectivity index (χ2n) is 7.61. The summed E-state index contributed by atoms with van der Waals surface area (Å²) in [6.45, 7) is 7.85. The molecule has 6 heteroatoms. The molecule has 0 heterocycles. The molecule has 0 aromatic heterocycles. The zero-order valence-electron chi connectivity index (χ0n) is 18.4. The molecule has 0 unspecified atom stereocenters. The van der Waals surface area contributed by atoms with E-state index in [1.165, 1.54) is 0 Å². The first-order valence-electron chi connectivity index (χ1n) is 10.0. The fraction of sp³-hybridized carbons (Fsp3) is 0.240. The number of hydrogen-bond donors (Lipinski definition) is 2. The third kappa shape index (κ3) is 5.48. The Kier molecular flexibility index (Phi) is 6.70. The van der Waals surface area contributed by atoms with Gasteiger partial charge in [-0.1, -0.05) is 13.8 Å². The van der Waals surface area contributed by atoms with Crippen LogP contribution in [-0.4, -0.2) is 18.3 Å². The van der Waals surface area contributed by atoms with Crippen LogP contribution in [0.5, 0.6) is 28.7 Å². The van der Waals surface area contributed by atoms with Gasteiger partial charge in [0, 0.05) is 11.3 Å². The van der Waals surface area contributed by atoms with Crippen molar-refractivity contribution in [3.05, 3.63) is 71.3 Å². The fourth-order valence-corrected chi connectivity index (χ4v) is 3.25. The van der Waals surface area contributed by atoms with E-state index < -0.39 is 6.09 Å². The van der Waals surface area contributed by atoms with Crippen LogP contribution in [0.15, 0.2) is 54.6 Å². The second-order valence-corrected chi connectivity index (χ2v) is 7.61. The molecule has 0 spiro atoms. The molecule has 162 valence electrons. The van der Waals surface area contributed by atoms with Crippen LogP contribution >= 0.6 is 0 Å². The summed E-state index contributed by atoms with van der Waals surface area (Å²) >= 11 is 0. The number of rotatable bonds is 6. The monoisotopic (exact) mass is 421 g/mol. The van der Waals surface area contributed by atoms with Crippen molar-refractivity contribution in [1.29, 1.82) is 0 Å². The lowest BCUT2D eigenvalue weighted by molar-refractivity contribution is 0.215. The number of methoxy groups -OCH3 is 1. The summed E-state index contributed by atoms with van der Waals surface area (Å²) in [4.78, 5) is 12.2. The summed E-state index contributed by atoms with van der Waals surface area (Å²) < 4.78 is 16.5. The lowest BCUT2D eigenvalue weighted by Gasteiger charge is -2.16. The van der Waals surface area contributed by atoms with Crippen LogP contribution in [0, 0.1) is 13.8 Å². The van der Waals surface area contributed by atoms with Gasteiger partial charge in [-0.25, -0.2) is 4.79 Å². The van der Waals surface area contributed by atoms with Crippen molar-refractivity contribution in [2.24, 2.45) is 0 Å². The number of aryl methyl sites for hydroxylation is 2. The highest BCUT2D eigenvalue weighted by molar-refractivity contribution is 5.86. The van der Waals surface area contributed by atoms with Gasteiger partial charge in [0.2, 0.25) is 0 Å². The van der Waals surface area contributed by atoms with Gasteiger partial charge in [0.15, 0.2) is 0 Å².